The maximum absolute atomic E-state index is 10.8. The molecule has 2 N–H and O–H groups in total. The molecule has 1 fully saturated rings. The van der Waals surface area contributed by atoms with Crippen LogP contribution < -0.4 is 10.1 Å². The molecule has 4 nitrogen and oxygen atoms in total. The SMILES string of the molecule is CCCOc1cc(C)c(Cl)cc1C(O)C(C)N1CCNCC1. The minimum Gasteiger partial charge on any atom is -0.493 e. The molecule has 0 saturated carbocycles. The first-order chi connectivity index (χ1) is 10.5. The molecule has 1 aliphatic heterocycles. The summed E-state index contributed by atoms with van der Waals surface area (Å²) in [5.41, 5.74) is 1.76. The number of nitrogens with one attached hydrogen (secondary N) is 1. The number of benzene rings is 1. The first kappa shape index (κ1) is 17.5. The number of ether oxygens (including phenoxy) is 1. The van der Waals surface area contributed by atoms with E-state index in [1.165, 1.54) is 0 Å². The van der Waals surface area contributed by atoms with E-state index in [1.54, 1.807) is 0 Å². The number of aryl methyl sites for hydroxylation is 1. The minimum absolute atomic E-state index is 0.0323. The largest absolute Gasteiger partial charge is 0.493 e. The second-order valence-corrected chi connectivity index (χ2v) is 6.37. The molecule has 2 unspecified atom stereocenters. The zero-order valence-electron chi connectivity index (χ0n) is 13.7. The van der Waals surface area contributed by atoms with Crippen molar-refractivity contribution in [1.29, 1.82) is 0 Å². The number of halogens is 1. The molecule has 0 radical (unpaired) electrons. The molecule has 0 amide bonds. The van der Waals surface area contributed by atoms with Crippen LogP contribution in [0, 0.1) is 6.92 Å². The summed E-state index contributed by atoms with van der Waals surface area (Å²) in [4.78, 5) is 2.30. The van der Waals surface area contributed by atoms with Crippen LogP contribution in [-0.2, 0) is 0 Å². The third kappa shape index (κ3) is 4.13. The Balaban J connectivity index is 2.22. The van der Waals surface area contributed by atoms with E-state index in [4.69, 9.17) is 16.3 Å². The van der Waals surface area contributed by atoms with Crippen molar-refractivity contribution in [3.8, 4) is 5.75 Å². The average Bonchev–Trinajstić information content (AvgIpc) is 2.55. The summed E-state index contributed by atoms with van der Waals surface area (Å²) in [6.45, 7) is 10.6. The number of nitrogens with zero attached hydrogens (tertiary/aromatic N) is 1. The number of hydrogen-bond acceptors (Lipinski definition) is 4. The fourth-order valence-corrected chi connectivity index (χ4v) is 2.96. The molecular weight excluding hydrogens is 300 g/mol. The molecular formula is C17H27ClN2O2. The molecule has 1 aromatic carbocycles. The summed E-state index contributed by atoms with van der Waals surface area (Å²) in [6, 6.07) is 3.82. The maximum atomic E-state index is 10.8. The highest BCUT2D eigenvalue weighted by atomic mass is 35.5. The summed E-state index contributed by atoms with van der Waals surface area (Å²) in [7, 11) is 0. The van der Waals surface area contributed by atoms with Gasteiger partial charge in [-0.05, 0) is 38.0 Å². The van der Waals surface area contributed by atoms with Gasteiger partial charge in [0.05, 0.1) is 12.7 Å². The lowest BCUT2D eigenvalue weighted by Crippen LogP contribution is -2.49. The van der Waals surface area contributed by atoms with Gasteiger partial charge in [0.15, 0.2) is 0 Å². The Morgan fingerprint density at radius 2 is 2.05 bits per heavy atom. The summed E-state index contributed by atoms with van der Waals surface area (Å²) >= 11 is 6.26. The van der Waals surface area contributed by atoms with E-state index in [0.717, 1.165) is 49.5 Å². The molecule has 2 atom stereocenters. The predicted molar refractivity (Wildman–Crippen MR) is 90.8 cm³/mol. The van der Waals surface area contributed by atoms with Crippen LogP contribution >= 0.6 is 11.6 Å². The van der Waals surface area contributed by atoms with E-state index in [1.807, 2.05) is 19.1 Å². The lowest BCUT2D eigenvalue weighted by atomic mass is 9.99. The molecule has 0 aliphatic carbocycles. The van der Waals surface area contributed by atoms with Crippen LogP contribution in [0.25, 0.3) is 0 Å². The van der Waals surface area contributed by atoms with Gasteiger partial charge in [0, 0.05) is 42.8 Å². The van der Waals surface area contributed by atoms with Gasteiger partial charge >= 0.3 is 0 Å². The van der Waals surface area contributed by atoms with E-state index in [2.05, 4.69) is 24.1 Å². The van der Waals surface area contributed by atoms with Crippen molar-refractivity contribution in [2.75, 3.05) is 32.8 Å². The van der Waals surface area contributed by atoms with Crippen LogP contribution in [0.5, 0.6) is 5.75 Å². The maximum Gasteiger partial charge on any atom is 0.125 e. The first-order valence-corrected chi connectivity index (χ1v) is 8.48. The van der Waals surface area contributed by atoms with Gasteiger partial charge in [-0.1, -0.05) is 18.5 Å². The van der Waals surface area contributed by atoms with Gasteiger partial charge in [-0.15, -0.1) is 0 Å². The van der Waals surface area contributed by atoms with Crippen molar-refractivity contribution in [3.63, 3.8) is 0 Å². The van der Waals surface area contributed by atoms with Crippen molar-refractivity contribution in [2.24, 2.45) is 0 Å². The Bertz CT molecular complexity index is 490. The van der Waals surface area contributed by atoms with Gasteiger partial charge in [0.2, 0.25) is 0 Å². The van der Waals surface area contributed by atoms with Crippen molar-refractivity contribution >= 4 is 11.6 Å². The van der Waals surface area contributed by atoms with Gasteiger partial charge in [-0.3, -0.25) is 4.90 Å². The number of hydrogen-bond donors (Lipinski definition) is 2. The van der Waals surface area contributed by atoms with Gasteiger partial charge in [0.25, 0.3) is 0 Å². The molecule has 5 heteroatoms. The second-order valence-electron chi connectivity index (χ2n) is 5.96. The van der Waals surface area contributed by atoms with Crippen LogP contribution in [0.1, 0.15) is 37.5 Å². The minimum atomic E-state index is -0.608. The lowest BCUT2D eigenvalue weighted by molar-refractivity contribution is 0.0490. The highest BCUT2D eigenvalue weighted by Gasteiger charge is 2.27. The summed E-state index contributed by atoms with van der Waals surface area (Å²) in [5, 5.41) is 14.8. The molecule has 2 rings (SSSR count). The molecule has 1 saturated heterocycles. The summed E-state index contributed by atoms with van der Waals surface area (Å²) < 4.78 is 5.83. The molecule has 124 valence electrons. The Hall–Kier alpha value is -0.810. The normalized spacial score (nSPS) is 19.0. The number of aliphatic hydroxyl groups is 1. The van der Waals surface area contributed by atoms with Crippen LogP contribution in [0.2, 0.25) is 5.02 Å². The average molecular weight is 327 g/mol. The molecule has 1 aliphatic rings. The third-order valence-electron chi connectivity index (χ3n) is 4.26. The first-order valence-electron chi connectivity index (χ1n) is 8.10. The topological polar surface area (TPSA) is 44.7 Å². The number of piperazine rings is 1. The van der Waals surface area contributed by atoms with Crippen LogP contribution in [0.3, 0.4) is 0 Å². The summed E-state index contributed by atoms with van der Waals surface area (Å²) in [5.74, 6) is 0.748. The zero-order chi connectivity index (χ0) is 16.1. The van der Waals surface area contributed by atoms with Crippen LogP contribution in [-0.4, -0.2) is 48.8 Å². The quantitative estimate of drug-likeness (QED) is 0.843. The summed E-state index contributed by atoms with van der Waals surface area (Å²) in [6.07, 6.45) is 0.327. The predicted octanol–water partition coefficient (Wildman–Crippen LogP) is 2.76. The van der Waals surface area contributed by atoms with Crippen molar-refractivity contribution in [1.82, 2.24) is 10.2 Å². The number of rotatable bonds is 6. The molecule has 1 aromatic rings. The van der Waals surface area contributed by atoms with Crippen LogP contribution in [0.15, 0.2) is 12.1 Å². The van der Waals surface area contributed by atoms with Gasteiger partial charge in [0.1, 0.15) is 5.75 Å². The van der Waals surface area contributed by atoms with Crippen LogP contribution in [0.4, 0.5) is 0 Å². The fraction of sp³-hybridized carbons (Fsp3) is 0.647. The van der Waals surface area contributed by atoms with Gasteiger partial charge in [-0.2, -0.15) is 0 Å². The zero-order valence-corrected chi connectivity index (χ0v) is 14.5. The molecule has 22 heavy (non-hydrogen) atoms. The highest BCUT2D eigenvalue weighted by molar-refractivity contribution is 6.31. The Labute approximate surface area is 138 Å². The third-order valence-corrected chi connectivity index (χ3v) is 4.66. The van der Waals surface area contributed by atoms with Gasteiger partial charge < -0.3 is 15.2 Å². The van der Waals surface area contributed by atoms with E-state index in [-0.39, 0.29) is 6.04 Å². The second kappa shape index (κ2) is 8.16. The number of aliphatic hydroxyl groups excluding tert-OH is 1. The van der Waals surface area contributed by atoms with Crippen molar-refractivity contribution in [3.05, 3.63) is 28.3 Å². The van der Waals surface area contributed by atoms with E-state index in [9.17, 15) is 5.11 Å². The lowest BCUT2D eigenvalue weighted by Gasteiger charge is -2.36. The smallest absolute Gasteiger partial charge is 0.125 e. The molecule has 0 bridgehead atoms. The van der Waals surface area contributed by atoms with Crippen molar-refractivity contribution < 1.29 is 9.84 Å². The van der Waals surface area contributed by atoms with E-state index in [0.29, 0.717) is 11.6 Å². The molecule has 1 heterocycles. The highest BCUT2D eigenvalue weighted by Crippen LogP contribution is 2.34. The van der Waals surface area contributed by atoms with Crippen molar-refractivity contribution in [2.45, 2.75) is 39.3 Å². The Kier molecular flexibility index (Phi) is 6.50. The standard InChI is InChI=1S/C17H27ClN2O2/c1-4-9-22-16-10-12(2)15(18)11-14(16)17(21)13(3)20-7-5-19-6-8-20/h10-11,13,17,19,21H,4-9H2,1-3H3. The monoisotopic (exact) mass is 326 g/mol. The van der Waals surface area contributed by atoms with Gasteiger partial charge in [-0.25, -0.2) is 0 Å². The molecule has 0 spiro atoms. The molecule has 0 aromatic heterocycles. The Morgan fingerprint density at radius 1 is 1.36 bits per heavy atom. The fourth-order valence-electron chi connectivity index (χ4n) is 2.79. The van der Waals surface area contributed by atoms with E-state index < -0.39 is 6.10 Å². The van der Waals surface area contributed by atoms with E-state index >= 15 is 0 Å². The Morgan fingerprint density at radius 3 is 2.68 bits per heavy atom.